The number of aromatic amines is 1. The molecule has 0 unspecified atom stereocenters. The number of furan rings is 1. The third-order valence-electron chi connectivity index (χ3n) is 3.75. The van der Waals surface area contributed by atoms with Crippen LogP contribution in [0.4, 0.5) is 0 Å². The number of pyridine rings is 1. The minimum absolute atomic E-state index is 0.0628. The fourth-order valence-corrected chi connectivity index (χ4v) is 2.77. The summed E-state index contributed by atoms with van der Waals surface area (Å²) in [6.45, 7) is 6.92. The highest BCUT2D eigenvalue weighted by molar-refractivity contribution is 6.10. The van der Waals surface area contributed by atoms with Crippen LogP contribution in [0.25, 0.3) is 11.1 Å². The first-order chi connectivity index (χ1) is 10.4. The molecule has 0 aliphatic carbocycles. The van der Waals surface area contributed by atoms with Gasteiger partial charge in [-0.15, -0.1) is 0 Å². The number of nitrogens with one attached hydrogen (secondary N) is 1. The van der Waals surface area contributed by atoms with Crippen LogP contribution >= 0.6 is 0 Å². The fraction of sp³-hybridized carbons (Fsp3) is 0.235. The molecule has 3 aromatic heterocycles. The van der Waals surface area contributed by atoms with E-state index in [0.717, 1.165) is 5.69 Å². The van der Waals surface area contributed by atoms with Gasteiger partial charge in [-0.2, -0.15) is 0 Å². The van der Waals surface area contributed by atoms with E-state index in [0.29, 0.717) is 33.6 Å². The Labute approximate surface area is 127 Å². The number of carbonyl (C=O) groups excluding carboxylic acids is 2. The summed E-state index contributed by atoms with van der Waals surface area (Å²) in [4.78, 5) is 31.7. The molecule has 0 aromatic carbocycles. The highest BCUT2D eigenvalue weighted by Crippen LogP contribution is 2.24. The van der Waals surface area contributed by atoms with Crippen LogP contribution in [0.2, 0.25) is 0 Å². The number of carbonyl (C=O) groups is 2. The van der Waals surface area contributed by atoms with Crippen molar-refractivity contribution in [1.82, 2.24) is 9.97 Å². The zero-order valence-corrected chi connectivity index (χ0v) is 12.9. The second-order valence-corrected chi connectivity index (χ2v) is 5.46. The van der Waals surface area contributed by atoms with Crippen LogP contribution in [0.15, 0.2) is 22.6 Å². The SMILES string of the molecule is CC(=O)c1c(C)[nH]c(C(=O)c2cc3nc(C)ccc3o2)c1C. The van der Waals surface area contributed by atoms with Crippen molar-refractivity contribution < 1.29 is 14.0 Å². The fourth-order valence-electron chi connectivity index (χ4n) is 2.77. The minimum atomic E-state index is -0.274. The zero-order chi connectivity index (χ0) is 16.0. The molecule has 5 nitrogen and oxygen atoms in total. The monoisotopic (exact) mass is 296 g/mol. The van der Waals surface area contributed by atoms with Gasteiger partial charge in [0.1, 0.15) is 5.52 Å². The lowest BCUT2D eigenvalue weighted by Crippen LogP contribution is -2.03. The van der Waals surface area contributed by atoms with Gasteiger partial charge in [0.25, 0.3) is 0 Å². The van der Waals surface area contributed by atoms with Crippen molar-refractivity contribution in [1.29, 1.82) is 0 Å². The summed E-state index contributed by atoms with van der Waals surface area (Å²) >= 11 is 0. The first-order valence-corrected chi connectivity index (χ1v) is 7.00. The smallest absolute Gasteiger partial charge is 0.244 e. The predicted molar refractivity (Wildman–Crippen MR) is 82.4 cm³/mol. The third-order valence-corrected chi connectivity index (χ3v) is 3.75. The van der Waals surface area contributed by atoms with E-state index in [9.17, 15) is 9.59 Å². The van der Waals surface area contributed by atoms with Gasteiger partial charge in [-0.1, -0.05) is 0 Å². The van der Waals surface area contributed by atoms with Crippen LogP contribution in [0.5, 0.6) is 0 Å². The Bertz CT molecular complexity index is 916. The molecule has 0 amide bonds. The largest absolute Gasteiger partial charge is 0.451 e. The summed E-state index contributed by atoms with van der Waals surface area (Å²) in [5.41, 5.74) is 4.38. The molecule has 3 rings (SSSR count). The lowest BCUT2D eigenvalue weighted by Gasteiger charge is -1.97. The molecule has 0 fully saturated rings. The van der Waals surface area contributed by atoms with Crippen molar-refractivity contribution in [3.8, 4) is 0 Å². The van der Waals surface area contributed by atoms with Gasteiger partial charge in [0.15, 0.2) is 17.1 Å². The molecule has 3 heterocycles. The molecule has 5 heteroatoms. The summed E-state index contributed by atoms with van der Waals surface area (Å²) in [6, 6.07) is 5.26. The average molecular weight is 296 g/mol. The molecule has 0 saturated carbocycles. The molecule has 0 bridgehead atoms. The second kappa shape index (κ2) is 4.94. The van der Waals surface area contributed by atoms with Crippen LogP contribution in [-0.2, 0) is 0 Å². The summed E-state index contributed by atoms with van der Waals surface area (Å²) in [5.74, 6) is -0.122. The number of ketones is 2. The number of hydrogen-bond donors (Lipinski definition) is 1. The number of hydrogen-bond acceptors (Lipinski definition) is 4. The highest BCUT2D eigenvalue weighted by atomic mass is 16.3. The third kappa shape index (κ3) is 2.15. The molecule has 0 spiro atoms. The molecule has 0 radical (unpaired) electrons. The van der Waals surface area contributed by atoms with E-state index < -0.39 is 0 Å². The number of aryl methyl sites for hydroxylation is 2. The molecular formula is C17H16N2O3. The van der Waals surface area contributed by atoms with Crippen LogP contribution < -0.4 is 0 Å². The van der Waals surface area contributed by atoms with Crippen molar-refractivity contribution in [2.24, 2.45) is 0 Å². The number of H-pyrrole nitrogens is 1. The first kappa shape index (κ1) is 14.3. The maximum absolute atomic E-state index is 12.6. The van der Waals surface area contributed by atoms with Gasteiger partial charge >= 0.3 is 0 Å². The normalized spacial score (nSPS) is 11.1. The van der Waals surface area contributed by atoms with Gasteiger partial charge in [-0.25, -0.2) is 4.98 Å². The quantitative estimate of drug-likeness (QED) is 0.750. The predicted octanol–water partition coefficient (Wildman–Crippen LogP) is 3.51. The molecule has 1 N–H and O–H groups in total. The van der Waals surface area contributed by atoms with E-state index in [1.165, 1.54) is 6.92 Å². The molecule has 22 heavy (non-hydrogen) atoms. The number of aromatic nitrogens is 2. The van der Waals surface area contributed by atoms with Crippen LogP contribution in [0.1, 0.15) is 50.5 Å². The molecule has 3 aromatic rings. The zero-order valence-electron chi connectivity index (χ0n) is 12.9. The van der Waals surface area contributed by atoms with E-state index in [-0.39, 0.29) is 17.3 Å². The number of nitrogens with zero attached hydrogens (tertiary/aromatic N) is 1. The Morgan fingerprint density at radius 3 is 2.55 bits per heavy atom. The Morgan fingerprint density at radius 1 is 1.18 bits per heavy atom. The van der Waals surface area contributed by atoms with Crippen molar-refractivity contribution in [3.05, 3.63) is 52.2 Å². The molecule has 0 aliphatic rings. The van der Waals surface area contributed by atoms with Gasteiger partial charge < -0.3 is 9.40 Å². The number of fused-ring (bicyclic) bond motifs is 1. The van der Waals surface area contributed by atoms with Crippen molar-refractivity contribution in [3.63, 3.8) is 0 Å². The van der Waals surface area contributed by atoms with E-state index in [1.54, 1.807) is 26.0 Å². The highest BCUT2D eigenvalue weighted by Gasteiger charge is 2.23. The number of rotatable bonds is 3. The summed E-state index contributed by atoms with van der Waals surface area (Å²) < 4.78 is 5.59. The van der Waals surface area contributed by atoms with Gasteiger partial charge in [0.05, 0.1) is 5.69 Å². The van der Waals surface area contributed by atoms with E-state index >= 15 is 0 Å². The summed E-state index contributed by atoms with van der Waals surface area (Å²) in [7, 11) is 0. The molecule has 0 aliphatic heterocycles. The lowest BCUT2D eigenvalue weighted by atomic mass is 10.0. The summed E-state index contributed by atoms with van der Waals surface area (Å²) in [6.07, 6.45) is 0. The standard InChI is InChI=1S/C17H16N2O3/c1-8-5-6-13-12(18-8)7-14(22-13)17(21)16-9(2)15(11(4)20)10(3)19-16/h5-7,19H,1-4H3. The van der Waals surface area contributed by atoms with Crippen LogP contribution in [0.3, 0.4) is 0 Å². The van der Waals surface area contributed by atoms with Gasteiger partial charge in [0.2, 0.25) is 5.78 Å². The minimum Gasteiger partial charge on any atom is -0.451 e. The Kier molecular flexibility index (Phi) is 3.20. The van der Waals surface area contributed by atoms with Crippen LogP contribution in [0, 0.1) is 20.8 Å². The van der Waals surface area contributed by atoms with E-state index in [4.69, 9.17) is 4.42 Å². The van der Waals surface area contributed by atoms with E-state index in [1.807, 2.05) is 13.0 Å². The Balaban J connectivity index is 2.10. The van der Waals surface area contributed by atoms with Gasteiger partial charge in [-0.3, -0.25) is 9.59 Å². The van der Waals surface area contributed by atoms with Gasteiger partial charge in [-0.05, 0) is 45.4 Å². The maximum atomic E-state index is 12.6. The van der Waals surface area contributed by atoms with Gasteiger partial charge in [0, 0.05) is 23.0 Å². The number of Topliss-reactive ketones (excluding diaryl/α,β-unsaturated/α-hetero) is 1. The maximum Gasteiger partial charge on any atom is 0.244 e. The topological polar surface area (TPSA) is 76.0 Å². The Morgan fingerprint density at radius 2 is 1.91 bits per heavy atom. The van der Waals surface area contributed by atoms with E-state index in [2.05, 4.69) is 9.97 Å². The van der Waals surface area contributed by atoms with Crippen LogP contribution in [-0.4, -0.2) is 21.5 Å². The average Bonchev–Trinajstić information content (AvgIpc) is 2.98. The first-order valence-electron chi connectivity index (χ1n) is 7.00. The summed E-state index contributed by atoms with van der Waals surface area (Å²) in [5, 5.41) is 0. The molecule has 112 valence electrons. The van der Waals surface area contributed by atoms with Crippen molar-refractivity contribution >= 4 is 22.7 Å². The lowest BCUT2D eigenvalue weighted by molar-refractivity contribution is 0.100. The van der Waals surface area contributed by atoms with Crippen molar-refractivity contribution in [2.45, 2.75) is 27.7 Å². The molecular weight excluding hydrogens is 280 g/mol. The molecule has 0 saturated heterocycles. The Hall–Kier alpha value is -2.69. The second-order valence-electron chi connectivity index (χ2n) is 5.46. The van der Waals surface area contributed by atoms with Crippen molar-refractivity contribution in [2.75, 3.05) is 0 Å². The molecule has 0 atom stereocenters.